The first-order chi connectivity index (χ1) is 10.9. The van der Waals surface area contributed by atoms with Crippen LogP contribution in [-0.4, -0.2) is 25.2 Å². The summed E-state index contributed by atoms with van der Waals surface area (Å²) in [5.41, 5.74) is -1.01. The van der Waals surface area contributed by atoms with Crippen molar-refractivity contribution in [2.75, 3.05) is 13.2 Å². The minimum Gasteiger partial charge on any atom is -0.465 e. The lowest BCUT2D eigenvalue weighted by Crippen LogP contribution is -2.51. The van der Waals surface area contributed by atoms with Crippen molar-refractivity contribution in [2.24, 2.45) is 28.6 Å². The molecule has 0 heterocycles. The average Bonchev–Trinajstić information content (AvgIpc) is 2.45. The van der Waals surface area contributed by atoms with Gasteiger partial charge in [0.2, 0.25) is 0 Å². The van der Waals surface area contributed by atoms with E-state index in [1.807, 2.05) is 0 Å². The van der Waals surface area contributed by atoms with Crippen LogP contribution in [0.3, 0.4) is 0 Å². The average molecular weight is 322 g/mol. The second-order valence-corrected chi connectivity index (χ2v) is 8.37. The fourth-order valence-electron chi connectivity index (χ4n) is 6.06. The number of carbonyl (C=O) groups is 2. The van der Waals surface area contributed by atoms with E-state index in [0.717, 1.165) is 17.8 Å². The van der Waals surface area contributed by atoms with Crippen LogP contribution in [0.1, 0.15) is 65.7 Å². The molecule has 0 saturated heterocycles. The smallest absolute Gasteiger partial charge is 0.323 e. The highest BCUT2D eigenvalue weighted by Crippen LogP contribution is 2.63. The monoisotopic (exact) mass is 322 g/mol. The lowest BCUT2D eigenvalue weighted by molar-refractivity contribution is -0.177. The summed E-state index contributed by atoms with van der Waals surface area (Å²) in [6, 6.07) is 0. The number of hydrogen-bond donors (Lipinski definition) is 0. The van der Waals surface area contributed by atoms with Gasteiger partial charge in [-0.2, -0.15) is 0 Å². The van der Waals surface area contributed by atoms with Crippen LogP contribution in [-0.2, 0) is 19.1 Å². The third kappa shape index (κ3) is 3.01. The Hall–Kier alpha value is -1.06. The van der Waals surface area contributed by atoms with Gasteiger partial charge in [-0.15, -0.1) is 0 Å². The van der Waals surface area contributed by atoms with Crippen LogP contribution in [0.25, 0.3) is 0 Å². The summed E-state index contributed by atoms with van der Waals surface area (Å²) in [4.78, 5) is 25.2. The minimum atomic E-state index is -1.16. The molecule has 4 saturated carbocycles. The maximum absolute atomic E-state index is 12.6. The summed E-state index contributed by atoms with van der Waals surface area (Å²) >= 11 is 0. The largest absolute Gasteiger partial charge is 0.465 e. The molecule has 4 nitrogen and oxygen atoms in total. The molecule has 0 aromatic rings. The van der Waals surface area contributed by atoms with Gasteiger partial charge in [0.05, 0.1) is 13.2 Å². The SMILES string of the molecule is CCOC(=O)C(C)(CC12CC3CC(CC(C3)C1)C2)C(=O)OCC. The molecule has 4 rings (SSSR count). The lowest BCUT2D eigenvalue weighted by Gasteiger charge is -2.58. The molecule has 0 unspecified atom stereocenters. The van der Waals surface area contributed by atoms with Crippen LogP contribution in [0.15, 0.2) is 0 Å². The standard InChI is InChI=1S/C19H30O4/c1-4-22-16(20)18(3,17(21)23-5-2)12-19-9-13-6-14(10-19)8-15(7-13)11-19/h13-15H,4-12H2,1-3H3. The highest BCUT2D eigenvalue weighted by molar-refractivity contribution is 5.99. The van der Waals surface area contributed by atoms with Crippen molar-refractivity contribution in [3.05, 3.63) is 0 Å². The van der Waals surface area contributed by atoms with Crippen LogP contribution in [0.4, 0.5) is 0 Å². The Bertz CT molecular complexity index is 428. The molecule has 23 heavy (non-hydrogen) atoms. The molecule has 0 aliphatic heterocycles. The van der Waals surface area contributed by atoms with E-state index in [-0.39, 0.29) is 5.41 Å². The Morgan fingerprint density at radius 1 is 0.913 bits per heavy atom. The van der Waals surface area contributed by atoms with Crippen molar-refractivity contribution in [3.8, 4) is 0 Å². The van der Waals surface area contributed by atoms with E-state index in [2.05, 4.69) is 0 Å². The highest BCUT2D eigenvalue weighted by atomic mass is 16.6. The summed E-state index contributed by atoms with van der Waals surface area (Å²) in [6.45, 7) is 5.91. The van der Waals surface area contributed by atoms with E-state index >= 15 is 0 Å². The van der Waals surface area contributed by atoms with E-state index in [0.29, 0.717) is 19.6 Å². The van der Waals surface area contributed by atoms with Crippen LogP contribution in [0, 0.1) is 28.6 Å². The van der Waals surface area contributed by atoms with Gasteiger partial charge in [-0.05, 0) is 88.9 Å². The second-order valence-electron chi connectivity index (χ2n) is 8.37. The van der Waals surface area contributed by atoms with E-state index in [9.17, 15) is 9.59 Å². The molecule has 0 N–H and O–H groups in total. The van der Waals surface area contributed by atoms with E-state index < -0.39 is 17.4 Å². The van der Waals surface area contributed by atoms with Gasteiger partial charge in [-0.1, -0.05) is 0 Å². The molecule has 4 aliphatic carbocycles. The van der Waals surface area contributed by atoms with Crippen molar-refractivity contribution >= 4 is 11.9 Å². The maximum Gasteiger partial charge on any atom is 0.323 e. The van der Waals surface area contributed by atoms with Crippen molar-refractivity contribution < 1.29 is 19.1 Å². The molecule has 4 fully saturated rings. The fourth-order valence-corrected chi connectivity index (χ4v) is 6.06. The number of rotatable bonds is 6. The summed E-state index contributed by atoms with van der Waals surface area (Å²) in [5.74, 6) is 1.59. The Labute approximate surface area is 139 Å². The van der Waals surface area contributed by atoms with Crippen LogP contribution >= 0.6 is 0 Å². The minimum absolute atomic E-state index is 0.142. The topological polar surface area (TPSA) is 52.6 Å². The van der Waals surface area contributed by atoms with Crippen LogP contribution < -0.4 is 0 Å². The molecular formula is C19H30O4. The molecule has 0 atom stereocenters. The van der Waals surface area contributed by atoms with E-state index in [1.165, 1.54) is 38.5 Å². The maximum atomic E-state index is 12.6. The Balaban J connectivity index is 1.83. The second kappa shape index (κ2) is 6.10. The molecule has 0 aromatic heterocycles. The van der Waals surface area contributed by atoms with Crippen LogP contribution in [0.2, 0.25) is 0 Å². The van der Waals surface area contributed by atoms with Crippen molar-refractivity contribution in [2.45, 2.75) is 65.7 Å². The quantitative estimate of drug-likeness (QED) is 0.552. The number of hydrogen-bond acceptors (Lipinski definition) is 4. The molecule has 0 amide bonds. The van der Waals surface area contributed by atoms with Crippen molar-refractivity contribution in [3.63, 3.8) is 0 Å². The molecule has 4 bridgehead atoms. The third-order valence-corrected chi connectivity index (χ3v) is 6.35. The number of esters is 2. The first-order valence-corrected chi connectivity index (χ1v) is 9.25. The summed E-state index contributed by atoms with van der Waals surface area (Å²) in [7, 11) is 0. The van der Waals surface area contributed by atoms with Gasteiger partial charge in [0, 0.05) is 0 Å². The Morgan fingerprint density at radius 2 is 1.30 bits per heavy atom. The van der Waals surface area contributed by atoms with Gasteiger partial charge in [0.25, 0.3) is 0 Å². The van der Waals surface area contributed by atoms with E-state index in [1.54, 1.807) is 20.8 Å². The van der Waals surface area contributed by atoms with Gasteiger partial charge >= 0.3 is 11.9 Å². The fraction of sp³-hybridized carbons (Fsp3) is 0.895. The highest BCUT2D eigenvalue weighted by Gasteiger charge is 2.57. The predicted molar refractivity (Wildman–Crippen MR) is 86.6 cm³/mol. The van der Waals surface area contributed by atoms with Crippen molar-refractivity contribution in [1.82, 2.24) is 0 Å². The molecular weight excluding hydrogens is 292 g/mol. The molecule has 0 spiro atoms. The van der Waals surface area contributed by atoms with E-state index in [4.69, 9.17) is 9.47 Å². The van der Waals surface area contributed by atoms with Crippen molar-refractivity contribution in [1.29, 1.82) is 0 Å². The summed E-state index contributed by atoms with van der Waals surface area (Å²) in [5, 5.41) is 0. The Kier molecular flexibility index (Phi) is 4.45. The summed E-state index contributed by atoms with van der Waals surface area (Å²) in [6.07, 6.45) is 8.19. The predicted octanol–water partition coefficient (Wildman–Crippen LogP) is 3.73. The molecule has 0 aromatic carbocycles. The zero-order valence-electron chi connectivity index (χ0n) is 14.7. The molecule has 130 valence electrons. The normalized spacial score (nSPS) is 35.2. The zero-order valence-corrected chi connectivity index (χ0v) is 14.7. The van der Waals surface area contributed by atoms with Gasteiger partial charge in [-0.25, -0.2) is 0 Å². The molecule has 4 aliphatic rings. The van der Waals surface area contributed by atoms with Crippen LogP contribution in [0.5, 0.6) is 0 Å². The zero-order chi connectivity index (χ0) is 16.7. The van der Waals surface area contributed by atoms with Gasteiger partial charge < -0.3 is 9.47 Å². The number of ether oxygens (including phenoxy) is 2. The van der Waals surface area contributed by atoms with Gasteiger partial charge in [0.15, 0.2) is 5.41 Å². The number of carbonyl (C=O) groups excluding carboxylic acids is 2. The molecule has 0 radical (unpaired) electrons. The molecule has 4 heteroatoms. The van der Waals surface area contributed by atoms with Gasteiger partial charge in [-0.3, -0.25) is 9.59 Å². The third-order valence-electron chi connectivity index (χ3n) is 6.35. The Morgan fingerprint density at radius 3 is 1.65 bits per heavy atom. The first-order valence-electron chi connectivity index (χ1n) is 9.25. The van der Waals surface area contributed by atoms with Gasteiger partial charge in [0.1, 0.15) is 0 Å². The lowest BCUT2D eigenvalue weighted by atomic mass is 9.47. The first kappa shape index (κ1) is 16.8. The summed E-state index contributed by atoms with van der Waals surface area (Å²) < 4.78 is 10.5.